The summed E-state index contributed by atoms with van der Waals surface area (Å²) >= 11 is 0. The van der Waals surface area contributed by atoms with Crippen LogP contribution in [0.1, 0.15) is 60.9 Å². The fourth-order valence-electron chi connectivity index (χ4n) is 4.69. The van der Waals surface area contributed by atoms with E-state index in [1.54, 1.807) is 0 Å². The monoisotopic (exact) mass is 399 g/mol. The van der Waals surface area contributed by atoms with Crippen LogP contribution in [-0.4, -0.2) is 23.1 Å². The van der Waals surface area contributed by atoms with Crippen LogP contribution in [0.25, 0.3) is 0 Å². The lowest BCUT2D eigenvalue weighted by atomic mass is 9.82. The number of hydrogen-bond acceptors (Lipinski definition) is 2. The largest absolute Gasteiger partial charge is 0.385 e. The first-order chi connectivity index (χ1) is 14.7. The van der Waals surface area contributed by atoms with Gasteiger partial charge in [0.2, 0.25) is 0 Å². The second-order valence-corrected chi connectivity index (χ2v) is 8.59. The second kappa shape index (κ2) is 9.59. The molecule has 1 heterocycles. The van der Waals surface area contributed by atoms with Crippen molar-refractivity contribution in [3.8, 4) is 0 Å². The molecule has 0 radical (unpaired) electrons. The van der Waals surface area contributed by atoms with Crippen molar-refractivity contribution < 1.29 is 5.11 Å². The molecule has 0 amide bonds. The van der Waals surface area contributed by atoms with Crippen molar-refractivity contribution in [1.29, 1.82) is 0 Å². The fourth-order valence-corrected chi connectivity index (χ4v) is 4.69. The Kier molecular flexibility index (Phi) is 6.66. The Morgan fingerprint density at radius 1 is 0.800 bits per heavy atom. The van der Waals surface area contributed by atoms with Gasteiger partial charge in [-0.1, -0.05) is 98.3 Å². The summed E-state index contributed by atoms with van der Waals surface area (Å²) in [4.78, 5) is 2.52. The van der Waals surface area contributed by atoms with Gasteiger partial charge in [0, 0.05) is 13.1 Å². The van der Waals surface area contributed by atoms with Gasteiger partial charge in [0.25, 0.3) is 0 Å². The van der Waals surface area contributed by atoms with Crippen LogP contribution < -0.4 is 0 Å². The Labute approximate surface area is 181 Å². The number of likely N-dealkylation sites (tertiary alicyclic amines) is 1. The van der Waals surface area contributed by atoms with Gasteiger partial charge in [0.05, 0.1) is 11.6 Å². The number of unbranched alkanes of at least 4 members (excludes halogenated alkanes) is 1. The van der Waals surface area contributed by atoms with Crippen LogP contribution in [0, 0.1) is 0 Å². The number of aliphatic hydroxyl groups is 1. The number of hydrogen-bond donors (Lipinski definition) is 1. The van der Waals surface area contributed by atoms with Gasteiger partial charge in [-0.15, -0.1) is 0 Å². The van der Waals surface area contributed by atoms with Crippen LogP contribution in [0.3, 0.4) is 0 Å². The normalized spacial score (nSPS) is 16.6. The Bertz CT molecular complexity index is 857. The lowest BCUT2D eigenvalue weighted by Gasteiger charge is -2.42. The third-order valence-electron chi connectivity index (χ3n) is 6.53. The molecule has 0 atom stereocenters. The molecule has 30 heavy (non-hydrogen) atoms. The highest BCUT2D eigenvalue weighted by Crippen LogP contribution is 2.38. The average molecular weight is 400 g/mol. The lowest BCUT2D eigenvalue weighted by Crippen LogP contribution is -2.44. The predicted octanol–water partition coefficient (Wildman–Crippen LogP) is 6.10. The summed E-state index contributed by atoms with van der Waals surface area (Å²) in [5.41, 5.74) is 4.34. The molecule has 0 aliphatic carbocycles. The van der Waals surface area contributed by atoms with E-state index in [2.05, 4.69) is 96.8 Å². The standard InChI is InChI=1S/C28H33NO/c1-2-3-10-23-15-17-26(18-16-23)28(30)19-21-29(22-20-28)27(24-11-6-4-7-12-24)25-13-8-5-9-14-25/h4-9,11-18,27,30H,2-3,10,19-22H2,1H3. The van der Waals surface area contributed by atoms with E-state index >= 15 is 0 Å². The van der Waals surface area contributed by atoms with Gasteiger partial charge in [-0.2, -0.15) is 0 Å². The van der Waals surface area contributed by atoms with Crippen molar-refractivity contribution in [1.82, 2.24) is 4.90 Å². The molecule has 4 rings (SSSR count). The average Bonchev–Trinajstić information content (AvgIpc) is 2.81. The molecule has 0 spiro atoms. The molecule has 3 aromatic carbocycles. The number of benzene rings is 3. The number of aryl methyl sites for hydroxylation is 1. The molecule has 1 saturated heterocycles. The van der Waals surface area contributed by atoms with E-state index < -0.39 is 5.60 Å². The van der Waals surface area contributed by atoms with E-state index in [1.165, 1.54) is 29.5 Å². The Hall–Kier alpha value is -2.42. The van der Waals surface area contributed by atoms with Crippen molar-refractivity contribution in [3.63, 3.8) is 0 Å². The van der Waals surface area contributed by atoms with Crippen LogP contribution in [-0.2, 0) is 12.0 Å². The summed E-state index contributed by atoms with van der Waals surface area (Å²) in [7, 11) is 0. The highest BCUT2D eigenvalue weighted by molar-refractivity contribution is 5.33. The van der Waals surface area contributed by atoms with Gasteiger partial charge in [0.1, 0.15) is 0 Å². The van der Waals surface area contributed by atoms with Gasteiger partial charge >= 0.3 is 0 Å². The van der Waals surface area contributed by atoms with E-state index in [1.807, 2.05) is 0 Å². The quantitative estimate of drug-likeness (QED) is 0.519. The molecule has 1 fully saturated rings. The summed E-state index contributed by atoms with van der Waals surface area (Å²) in [6.45, 7) is 3.98. The first-order valence-electron chi connectivity index (χ1n) is 11.4. The number of nitrogens with zero attached hydrogens (tertiary/aromatic N) is 1. The maximum absolute atomic E-state index is 11.4. The first-order valence-corrected chi connectivity index (χ1v) is 11.4. The maximum atomic E-state index is 11.4. The van der Waals surface area contributed by atoms with Gasteiger partial charge in [0.15, 0.2) is 0 Å². The van der Waals surface area contributed by atoms with Crippen molar-refractivity contribution in [2.45, 2.75) is 50.7 Å². The molecule has 0 saturated carbocycles. The van der Waals surface area contributed by atoms with Crippen LogP contribution >= 0.6 is 0 Å². The molecular formula is C28H33NO. The van der Waals surface area contributed by atoms with Crippen molar-refractivity contribution in [2.75, 3.05) is 13.1 Å². The lowest BCUT2D eigenvalue weighted by molar-refractivity contribution is -0.0324. The molecule has 1 aliphatic heterocycles. The molecular weight excluding hydrogens is 366 g/mol. The fraction of sp³-hybridized carbons (Fsp3) is 0.357. The zero-order chi connectivity index (χ0) is 20.8. The molecule has 2 heteroatoms. The molecule has 3 aromatic rings. The Morgan fingerprint density at radius 3 is 1.83 bits per heavy atom. The minimum atomic E-state index is -0.724. The van der Waals surface area contributed by atoms with E-state index in [0.717, 1.165) is 37.9 Å². The molecule has 0 bridgehead atoms. The summed E-state index contributed by atoms with van der Waals surface area (Å²) in [5.74, 6) is 0. The van der Waals surface area contributed by atoms with Crippen molar-refractivity contribution in [2.24, 2.45) is 0 Å². The van der Waals surface area contributed by atoms with E-state index in [-0.39, 0.29) is 6.04 Å². The van der Waals surface area contributed by atoms with Gasteiger partial charge in [-0.3, -0.25) is 4.90 Å². The minimum Gasteiger partial charge on any atom is -0.385 e. The maximum Gasteiger partial charge on any atom is 0.0920 e. The molecule has 1 N–H and O–H groups in total. The smallest absolute Gasteiger partial charge is 0.0920 e. The molecule has 2 nitrogen and oxygen atoms in total. The van der Waals surface area contributed by atoms with E-state index in [0.29, 0.717) is 0 Å². The zero-order valence-corrected chi connectivity index (χ0v) is 18.0. The van der Waals surface area contributed by atoms with Gasteiger partial charge < -0.3 is 5.11 Å². The van der Waals surface area contributed by atoms with Gasteiger partial charge in [-0.25, -0.2) is 0 Å². The first kappa shape index (κ1) is 20.8. The summed E-state index contributed by atoms with van der Waals surface area (Å²) in [6.07, 6.45) is 5.08. The molecule has 0 unspecified atom stereocenters. The van der Waals surface area contributed by atoms with Crippen LogP contribution in [0.4, 0.5) is 0 Å². The number of piperidine rings is 1. The van der Waals surface area contributed by atoms with Crippen LogP contribution in [0.5, 0.6) is 0 Å². The zero-order valence-electron chi connectivity index (χ0n) is 18.0. The van der Waals surface area contributed by atoms with Crippen molar-refractivity contribution >= 4 is 0 Å². The molecule has 0 aromatic heterocycles. The van der Waals surface area contributed by atoms with Crippen LogP contribution in [0.2, 0.25) is 0 Å². The van der Waals surface area contributed by atoms with E-state index in [9.17, 15) is 5.11 Å². The summed E-state index contributed by atoms with van der Waals surface area (Å²) < 4.78 is 0. The minimum absolute atomic E-state index is 0.230. The highest BCUT2D eigenvalue weighted by atomic mass is 16.3. The predicted molar refractivity (Wildman–Crippen MR) is 124 cm³/mol. The van der Waals surface area contributed by atoms with Crippen LogP contribution in [0.15, 0.2) is 84.9 Å². The molecule has 1 aliphatic rings. The summed E-state index contributed by atoms with van der Waals surface area (Å²) in [5, 5.41) is 11.4. The van der Waals surface area contributed by atoms with Gasteiger partial charge in [-0.05, 0) is 47.9 Å². The number of rotatable bonds is 7. The third-order valence-corrected chi connectivity index (χ3v) is 6.53. The summed E-state index contributed by atoms with van der Waals surface area (Å²) in [6, 6.07) is 30.4. The third kappa shape index (κ3) is 4.66. The Balaban J connectivity index is 1.50. The topological polar surface area (TPSA) is 23.5 Å². The van der Waals surface area contributed by atoms with Crippen molar-refractivity contribution in [3.05, 3.63) is 107 Å². The second-order valence-electron chi connectivity index (χ2n) is 8.59. The Morgan fingerprint density at radius 2 is 1.33 bits per heavy atom. The molecule has 156 valence electrons. The highest BCUT2D eigenvalue weighted by Gasteiger charge is 2.36. The SMILES string of the molecule is CCCCc1ccc(C2(O)CCN(C(c3ccccc3)c3ccccc3)CC2)cc1. The van der Waals surface area contributed by atoms with E-state index in [4.69, 9.17) is 0 Å².